The van der Waals surface area contributed by atoms with Crippen LogP contribution in [-0.2, 0) is 0 Å². The number of nitrogens with one attached hydrogen (secondary N) is 2. The quantitative estimate of drug-likeness (QED) is 0.771. The summed E-state index contributed by atoms with van der Waals surface area (Å²) >= 11 is 0. The van der Waals surface area contributed by atoms with Crippen LogP contribution in [0, 0.1) is 12.1 Å². The van der Waals surface area contributed by atoms with Crippen LogP contribution in [0.25, 0.3) is 0 Å². The monoisotopic (exact) mass is 214 g/mol. The Hall–Kier alpha value is -2.07. The van der Waals surface area contributed by atoms with E-state index in [0.29, 0.717) is 11.5 Å². The fourth-order valence-corrected chi connectivity index (χ4v) is 1.35. The summed E-state index contributed by atoms with van der Waals surface area (Å²) in [7, 11) is 0. The topological polar surface area (TPSA) is 60.0 Å². The third kappa shape index (κ3) is 2.49. The molecule has 0 saturated carbocycles. The molecule has 0 saturated heterocycles. The Morgan fingerprint density at radius 3 is 2.50 bits per heavy atom. The molecular weight excluding hydrogens is 202 g/mol. The van der Waals surface area contributed by atoms with Gasteiger partial charge in [-0.2, -0.15) is 0 Å². The summed E-state index contributed by atoms with van der Waals surface area (Å²) in [4.78, 5) is 4.12. The number of anilines is 3. The second-order valence-corrected chi connectivity index (χ2v) is 3.52. The first-order chi connectivity index (χ1) is 7.78. The molecule has 0 atom stereocenters. The van der Waals surface area contributed by atoms with Crippen LogP contribution in [0.3, 0.4) is 0 Å². The number of benzene rings is 1. The van der Waals surface area contributed by atoms with Gasteiger partial charge in [0.1, 0.15) is 5.82 Å². The van der Waals surface area contributed by atoms with Crippen molar-refractivity contribution in [2.24, 2.45) is 0 Å². The second-order valence-electron chi connectivity index (χ2n) is 3.52. The van der Waals surface area contributed by atoms with E-state index in [0.717, 1.165) is 5.69 Å². The van der Waals surface area contributed by atoms with Crippen LogP contribution >= 0.6 is 0 Å². The van der Waals surface area contributed by atoms with Crippen LogP contribution in [0.1, 0.15) is 5.56 Å². The minimum absolute atomic E-state index is 0.490. The Labute approximate surface area is 93.9 Å². The van der Waals surface area contributed by atoms with Gasteiger partial charge in [0.25, 0.3) is 0 Å². The molecular formula is C12H12N3O-. The van der Waals surface area contributed by atoms with Crippen molar-refractivity contribution in [3.8, 4) is 0 Å². The number of hydrogen-bond donors (Lipinski definition) is 2. The van der Waals surface area contributed by atoms with Crippen molar-refractivity contribution in [1.29, 1.82) is 0 Å². The highest BCUT2D eigenvalue weighted by Crippen LogP contribution is 2.17. The third-order valence-corrected chi connectivity index (χ3v) is 2.20. The van der Waals surface area contributed by atoms with Gasteiger partial charge in [0.2, 0.25) is 0 Å². The summed E-state index contributed by atoms with van der Waals surface area (Å²) in [5, 5.41) is 13.6. The first-order valence-corrected chi connectivity index (χ1v) is 4.96. The van der Waals surface area contributed by atoms with E-state index in [4.69, 9.17) is 0 Å². The number of rotatable bonds is 3. The highest BCUT2D eigenvalue weighted by molar-refractivity contribution is 5.60. The van der Waals surface area contributed by atoms with E-state index in [9.17, 15) is 5.21 Å². The maximum Gasteiger partial charge on any atom is 0.132 e. The summed E-state index contributed by atoms with van der Waals surface area (Å²) in [5.74, 6) is 0.643. The summed E-state index contributed by atoms with van der Waals surface area (Å²) in [5.41, 5.74) is 4.47. The van der Waals surface area contributed by atoms with Crippen molar-refractivity contribution in [3.63, 3.8) is 0 Å². The van der Waals surface area contributed by atoms with E-state index in [1.54, 1.807) is 18.3 Å². The maximum atomic E-state index is 10.5. The molecule has 0 spiro atoms. The molecule has 2 rings (SSSR count). The van der Waals surface area contributed by atoms with Crippen LogP contribution in [0.5, 0.6) is 0 Å². The van der Waals surface area contributed by atoms with Crippen LogP contribution in [0.2, 0.25) is 0 Å². The predicted molar refractivity (Wildman–Crippen MR) is 65.7 cm³/mol. The standard InChI is InChI=1S/C12H12N3O/c1-9-2-4-10(5-3-9)14-12-8-11(15-16)6-7-13-12/h2-8H,1H3,(H2-,13,14,15,16)/q-1. The molecule has 0 aliphatic carbocycles. The molecule has 0 fully saturated rings. The minimum atomic E-state index is 0.490. The predicted octanol–water partition coefficient (Wildman–Crippen LogP) is 3.04. The Balaban J connectivity index is 2.16. The fourth-order valence-electron chi connectivity index (χ4n) is 1.35. The van der Waals surface area contributed by atoms with Crippen LogP contribution < -0.4 is 10.8 Å². The van der Waals surface area contributed by atoms with Gasteiger partial charge in [-0.1, -0.05) is 17.7 Å². The third-order valence-electron chi connectivity index (χ3n) is 2.20. The van der Waals surface area contributed by atoms with E-state index in [1.807, 2.05) is 36.7 Å². The van der Waals surface area contributed by atoms with E-state index >= 15 is 0 Å². The van der Waals surface area contributed by atoms with Crippen LogP contribution in [0.4, 0.5) is 17.2 Å². The number of hydrogen-bond acceptors (Lipinski definition) is 4. The lowest BCUT2D eigenvalue weighted by atomic mass is 10.2. The van der Waals surface area contributed by atoms with Crippen molar-refractivity contribution in [2.75, 3.05) is 10.8 Å². The summed E-state index contributed by atoms with van der Waals surface area (Å²) < 4.78 is 0. The van der Waals surface area contributed by atoms with Gasteiger partial charge in [0.05, 0.1) is 0 Å². The minimum Gasteiger partial charge on any atom is -0.761 e. The lowest BCUT2D eigenvalue weighted by Gasteiger charge is -2.11. The van der Waals surface area contributed by atoms with Gasteiger partial charge in [-0.25, -0.2) is 4.98 Å². The van der Waals surface area contributed by atoms with E-state index in [1.165, 1.54) is 5.56 Å². The highest BCUT2D eigenvalue weighted by Gasteiger charge is 1.96. The first kappa shape index (κ1) is 10.4. The van der Waals surface area contributed by atoms with E-state index < -0.39 is 0 Å². The van der Waals surface area contributed by atoms with E-state index in [-0.39, 0.29) is 0 Å². The zero-order chi connectivity index (χ0) is 11.4. The maximum absolute atomic E-state index is 10.5. The molecule has 0 amide bonds. The molecule has 4 nitrogen and oxygen atoms in total. The molecule has 0 unspecified atom stereocenters. The zero-order valence-electron chi connectivity index (χ0n) is 8.90. The molecule has 0 aliphatic rings. The summed E-state index contributed by atoms with van der Waals surface area (Å²) in [6.07, 6.45) is 1.58. The van der Waals surface area contributed by atoms with Crippen molar-refractivity contribution in [3.05, 3.63) is 53.4 Å². The molecule has 4 heteroatoms. The Morgan fingerprint density at radius 2 is 1.81 bits per heavy atom. The van der Waals surface area contributed by atoms with Crippen molar-refractivity contribution < 1.29 is 0 Å². The van der Waals surface area contributed by atoms with Crippen molar-refractivity contribution in [2.45, 2.75) is 6.92 Å². The normalized spacial score (nSPS) is 9.88. The van der Waals surface area contributed by atoms with Gasteiger partial charge >= 0.3 is 0 Å². The van der Waals surface area contributed by atoms with Gasteiger partial charge in [-0.3, -0.25) is 0 Å². The van der Waals surface area contributed by atoms with Crippen molar-refractivity contribution in [1.82, 2.24) is 4.98 Å². The number of nitrogens with zero attached hydrogens (tertiary/aromatic N) is 1. The molecule has 2 N–H and O–H groups in total. The zero-order valence-corrected chi connectivity index (χ0v) is 8.90. The van der Waals surface area contributed by atoms with Crippen LogP contribution in [0.15, 0.2) is 42.6 Å². The molecule has 1 aromatic carbocycles. The fraction of sp³-hybridized carbons (Fsp3) is 0.0833. The van der Waals surface area contributed by atoms with Gasteiger partial charge in [-0.05, 0) is 25.1 Å². The molecule has 2 aromatic rings. The van der Waals surface area contributed by atoms with Gasteiger partial charge in [0, 0.05) is 23.6 Å². The summed E-state index contributed by atoms with van der Waals surface area (Å²) in [6.45, 7) is 2.03. The molecule has 0 radical (unpaired) electrons. The second kappa shape index (κ2) is 4.63. The number of aromatic nitrogens is 1. The Bertz CT molecular complexity index is 468. The average molecular weight is 214 g/mol. The lowest BCUT2D eigenvalue weighted by Crippen LogP contribution is -1.94. The molecule has 1 heterocycles. The molecule has 0 bridgehead atoms. The SMILES string of the molecule is Cc1ccc(Nc2cc(N[O-])ccn2)cc1. The summed E-state index contributed by atoms with van der Waals surface area (Å²) in [6, 6.07) is 11.2. The molecule has 1 aromatic heterocycles. The molecule has 82 valence electrons. The van der Waals surface area contributed by atoms with E-state index in [2.05, 4.69) is 10.3 Å². The highest BCUT2D eigenvalue weighted by atomic mass is 16.5. The number of pyridine rings is 1. The largest absolute Gasteiger partial charge is 0.761 e. The van der Waals surface area contributed by atoms with Crippen molar-refractivity contribution >= 4 is 17.2 Å². The Morgan fingerprint density at radius 1 is 1.06 bits per heavy atom. The lowest BCUT2D eigenvalue weighted by molar-refractivity contribution is 1.30. The van der Waals surface area contributed by atoms with Gasteiger partial charge in [0.15, 0.2) is 0 Å². The number of aryl methyl sites for hydroxylation is 1. The van der Waals surface area contributed by atoms with Gasteiger partial charge < -0.3 is 16.0 Å². The Kier molecular flexibility index (Phi) is 3.03. The molecule has 16 heavy (non-hydrogen) atoms. The van der Waals surface area contributed by atoms with Gasteiger partial charge in [-0.15, -0.1) is 0 Å². The van der Waals surface area contributed by atoms with Crippen LogP contribution in [-0.4, -0.2) is 4.98 Å². The molecule has 0 aliphatic heterocycles. The average Bonchev–Trinajstić information content (AvgIpc) is 2.32. The first-order valence-electron chi connectivity index (χ1n) is 4.96. The smallest absolute Gasteiger partial charge is 0.132 e.